The van der Waals surface area contributed by atoms with Gasteiger partial charge in [-0.15, -0.1) is 0 Å². The molecule has 3 fully saturated rings. The molecule has 15 nitrogen and oxygen atoms in total. The van der Waals surface area contributed by atoms with Crippen molar-refractivity contribution in [2.45, 2.75) is 63.6 Å². The maximum absolute atomic E-state index is 14.1. The lowest BCUT2D eigenvalue weighted by Gasteiger charge is -2.32. The number of likely N-dealkylation sites (tertiary alicyclic amines) is 1. The Kier molecular flexibility index (Phi) is 9.01. The molecule has 53 heavy (non-hydrogen) atoms. The number of anilines is 2. The molecule has 274 valence electrons. The summed E-state index contributed by atoms with van der Waals surface area (Å²) in [7, 11) is 0. The first-order valence-electron chi connectivity index (χ1n) is 17.5. The lowest BCUT2D eigenvalue weighted by molar-refractivity contribution is -0.136. The van der Waals surface area contributed by atoms with Crippen molar-refractivity contribution in [2.75, 3.05) is 30.3 Å². The fraction of sp³-hybridized carbons (Fsp3) is 0.389. The van der Waals surface area contributed by atoms with E-state index in [2.05, 4.69) is 35.9 Å². The van der Waals surface area contributed by atoms with Gasteiger partial charge < -0.3 is 15.1 Å². The molecule has 1 aromatic carbocycles. The Morgan fingerprint density at radius 1 is 1.00 bits per heavy atom. The summed E-state index contributed by atoms with van der Waals surface area (Å²) in [6, 6.07) is 7.23. The molecule has 6 heterocycles. The van der Waals surface area contributed by atoms with Gasteiger partial charge in [0, 0.05) is 50.6 Å². The van der Waals surface area contributed by atoms with Crippen LogP contribution in [-0.2, 0) is 16.1 Å². The molecule has 1 aliphatic carbocycles. The van der Waals surface area contributed by atoms with E-state index in [1.54, 1.807) is 36.5 Å². The van der Waals surface area contributed by atoms with E-state index in [-0.39, 0.29) is 47.3 Å². The minimum atomic E-state index is -2.93. The van der Waals surface area contributed by atoms with Gasteiger partial charge in [0.15, 0.2) is 11.4 Å². The summed E-state index contributed by atoms with van der Waals surface area (Å²) in [5.41, 5.74) is 1.09. The molecule has 3 aromatic heterocycles. The number of carbonyl (C=O) groups is 5. The van der Waals surface area contributed by atoms with Crippen molar-refractivity contribution in [1.29, 1.82) is 0 Å². The Labute approximate surface area is 301 Å². The van der Waals surface area contributed by atoms with Gasteiger partial charge in [0.05, 0.1) is 22.9 Å². The van der Waals surface area contributed by atoms with Crippen LogP contribution in [0.15, 0.2) is 53.4 Å². The van der Waals surface area contributed by atoms with Crippen LogP contribution in [0.2, 0.25) is 0 Å². The third kappa shape index (κ3) is 7.03. The predicted molar refractivity (Wildman–Crippen MR) is 183 cm³/mol. The van der Waals surface area contributed by atoms with Crippen LogP contribution in [0.4, 0.5) is 20.3 Å². The zero-order valence-electron chi connectivity index (χ0n) is 28.4. The number of nitrogens with zero attached hydrogens (tertiary/aromatic N) is 6. The van der Waals surface area contributed by atoms with E-state index in [4.69, 9.17) is 4.42 Å². The second-order valence-corrected chi connectivity index (χ2v) is 13.8. The van der Waals surface area contributed by atoms with Crippen molar-refractivity contribution in [1.82, 2.24) is 34.9 Å². The van der Waals surface area contributed by atoms with Crippen LogP contribution in [-0.4, -0.2) is 84.8 Å². The van der Waals surface area contributed by atoms with Gasteiger partial charge in [-0.05, 0) is 67.9 Å². The molecule has 1 atom stereocenters. The Balaban J connectivity index is 0.884. The normalized spacial score (nSPS) is 19.5. The van der Waals surface area contributed by atoms with Gasteiger partial charge in [-0.25, -0.2) is 18.7 Å². The first-order valence-corrected chi connectivity index (χ1v) is 17.5. The number of halogens is 2. The van der Waals surface area contributed by atoms with Gasteiger partial charge in [-0.1, -0.05) is 6.07 Å². The molecule has 3 aliphatic heterocycles. The van der Waals surface area contributed by atoms with Crippen LogP contribution in [0.1, 0.15) is 93.5 Å². The van der Waals surface area contributed by atoms with E-state index in [0.29, 0.717) is 49.8 Å². The van der Waals surface area contributed by atoms with E-state index in [9.17, 15) is 32.8 Å². The summed E-state index contributed by atoms with van der Waals surface area (Å²) in [5.74, 6) is -1.44. The molecule has 0 bridgehead atoms. The van der Waals surface area contributed by atoms with Crippen LogP contribution in [0.5, 0.6) is 0 Å². The SMILES string of the molecule is O=C1CCC(N2C(=O)c3ccc(CN4CCC(n5cc(NC(=O)c6coc(-c7ccnc(NCC8CC8)c7)n6)c(C(F)F)n5)CC4)cc3C2=O)C(=O)N1. The highest BCUT2D eigenvalue weighted by Gasteiger charge is 2.44. The Bertz CT molecular complexity index is 2120. The highest BCUT2D eigenvalue weighted by Crippen LogP contribution is 2.33. The average Bonchev–Trinajstić information content (AvgIpc) is 3.56. The Morgan fingerprint density at radius 2 is 1.79 bits per heavy atom. The lowest BCUT2D eigenvalue weighted by Crippen LogP contribution is -2.54. The number of fused-ring (bicyclic) bond motifs is 1. The van der Waals surface area contributed by atoms with E-state index >= 15 is 0 Å². The molecule has 4 aromatic rings. The van der Waals surface area contributed by atoms with Crippen molar-refractivity contribution < 1.29 is 37.2 Å². The molecule has 3 N–H and O–H groups in total. The molecule has 5 amide bonds. The third-order valence-electron chi connectivity index (χ3n) is 10.1. The number of aromatic nitrogens is 4. The van der Waals surface area contributed by atoms with Crippen LogP contribution in [0.3, 0.4) is 0 Å². The quantitative estimate of drug-likeness (QED) is 0.188. The molecule has 2 saturated heterocycles. The van der Waals surface area contributed by atoms with Gasteiger partial charge in [-0.3, -0.25) is 43.8 Å². The number of rotatable bonds is 11. The molecular formula is C36H35F2N9O6. The molecule has 8 rings (SSSR count). The highest BCUT2D eigenvalue weighted by molar-refractivity contribution is 6.23. The molecule has 1 saturated carbocycles. The van der Waals surface area contributed by atoms with Gasteiger partial charge in [0.25, 0.3) is 24.1 Å². The summed E-state index contributed by atoms with van der Waals surface area (Å²) in [6.45, 7) is 2.49. The van der Waals surface area contributed by atoms with Crippen molar-refractivity contribution in [3.8, 4) is 11.5 Å². The fourth-order valence-corrected chi connectivity index (χ4v) is 6.99. The van der Waals surface area contributed by atoms with Gasteiger partial charge in [-0.2, -0.15) is 5.10 Å². The molecular weight excluding hydrogens is 692 g/mol. The standard InChI is InChI=1S/C36H35F2N9O6/c37-31(38)30-25(41-32(49)26-18-53-34(42-26)21-7-10-39-28(14-21)40-15-19-1-2-19)17-46(44-30)22-8-11-45(12-9-22)16-20-3-4-23-24(13-20)36(52)47(35(23)51)27-5-6-29(48)43-33(27)50/h3-4,7,10,13-14,17-19,22,27,31H,1-2,5-6,8-9,11-12,15-16H2,(H,39,40)(H,41,49)(H,43,48,50). The minimum Gasteiger partial charge on any atom is -0.444 e. The van der Waals surface area contributed by atoms with Gasteiger partial charge in [0.2, 0.25) is 17.7 Å². The summed E-state index contributed by atoms with van der Waals surface area (Å²) in [5, 5.41) is 12.1. The number of carbonyl (C=O) groups excluding carboxylic acids is 5. The van der Waals surface area contributed by atoms with Crippen LogP contribution < -0.4 is 16.0 Å². The fourth-order valence-electron chi connectivity index (χ4n) is 6.99. The second kappa shape index (κ2) is 13.9. The molecule has 1 unspecified atom stereocenters. The number of nitrogens with one attached hydrogen (secondary N) is 3. The average molecular weight is 728 g/mol. The zero-order valence-corrected chi connectivity index (χ0v) is 28.4. The van der Waals surface area contributed by atoms with Gasteiger partial charge in [0.1, 0.15) is 18.1 Å². The second-order valence-electron chi connectivity index (χ2n) is 13.8. The molecule has 0 spiro atoms. The molecule has 4 aliphatic rings. The molecule has 0 radical (unpaired) electrons. The van der Waals surface area contributed by atoms with Crippen molar-refractivity contribution in [2.24, 2.45) is 5.92 Å². The molecule has 17 heteroatoms. The summed E-state index contributed by atoms with van der Waals surface area (Å²) >= 11 is 0. The highest BCUT2D eigenvalue weighted by atomic mass is 19.3. The summed E-state index contributed by atoms with van der Waals surface area (Å²) in [4.78, 5) is 75.0. The van der Waals surface area contributed by atoms with E-state index in [1.165, 1.54) is 30.0 Å². The largest absolute Gasteiger partial charge is 0.444 e. The maximum Gasteiger partial charge on any atom is 0.284 e. The van der Waals surface area contributed by atoms with Crippen LogP contribution >= 0.6 is 0 Å². The number of amides is 5. The third-order valence-corrected chi connectivity index (χ3v) is 10.1. The Morgan fingerprint density at radius 3 is 2.55 bits per heavy atom. The lowest BCUT2D eigenvalue weighted by atomic mass is 10.0. The number of hydrogen-bond acceptors (Lipinski definition) is 11. The van der Waals surface area contributed by atoms with Crippen molar-refractivity contribution in [3.63, 3.8) is 0 Å². The van der Waals surface area contributed by atoms with Crippen LogP contribution in [0.25, 0.3) is 11.5 Å². The van der Waals surface area contributed by atoms with E-state index in [0.717, 1.165) is 17.0 Å². The maximum atomic E-state index is 14.1. The van der Waals surface area contributed by atoms with Crippen molar-refractivity contribution in [3.05, 3.63) is 77.1 Å². The monoisotopic (exact) mass is 727 g/mol. The predicted octanol–water partition coefficient (Wildman–Crippen LogP) is 4.18. The summed E-state index contributed by atoms with van der Waals surface area (Å²) in [6.07, 6.45) is 4.95. The summed E-state index contributed by atoms with van der Waals surface area (Å²) < 4.78 is 35.2. The first-order chi connectivity index (χ1) is 25.6. The smallest absolute Gasteiger partial charge is 0.284 e. The van der Waals surface area contributed by atoms with Gasteiger partial charge >= 0.3 is 0 Å². The number of benzene rings is 1. The number of hydrogen-bond donors (Lipinski definition) is 3. The van der Waals surface area contributed by atoms with E-state index < -0.39 is 47.7 Å². The number of pyridine rings is 1. The van der Waals surface area contributed by atoms with E-state index in [1.807, 2.05) is 0 Å². The number of alkyl halides is 2. The first kappa shape index (κ1) is 34.3. The topological polar surface area (TPSA) is 185 Å². The Hall–Kier alpha value is -5.84. The van der Waals surface area contributed by atoms with Crippen LogP contribution in [0, 0.1) is 5.92 Å². The zero-order chi connectivity index (χ0) is 36.8. The number of oxazole rings is 1. The minimum absolute atomic E-state index is 0.0409. The number of piperidine rings is 2. The number of imide groups is 2. The van der Waals surface area contributed by atoms with Crippen molar-refractivity contribution >= 4 is 41.0 Å².